The first-order chi connectivity index (χ1) is 16.1. The highest BCUT2D eigenvalue weighted by atomic mass is 14.5. The van der Waals surface area contributed by atoms with Gasteiger partial charge in [0, 0.05) is 0 Å². The molecule has 0 aromatic carbocycles. The minimum absolute atomic E-state index is 0.365. The van der Waals surface area contributed by atoms with E-state index in [4.69, 9.17) is 0 Å². The summed E-state index contributed by atoms with van der Waals surface area (Å²) in [5.41, 5.74) is 1.15. The largest absolute Gasteiger partial charge is 0.0654 e. The fraction of sp³-hybridized carbons (Fsp3) is 1.00. The van der Waals surface area contributed by atoms with Crippen LogP contribution in [0.3, 0.4) is 0 Å². The number of unbranched alkanes of at least 4 members (excludes halogenated alkanes) is 21. The first-order valence-corrected chi connectivity index (χ1v) is 16.1. The molecule has 0 fully saturated rings. The Kier molecular flexibility index (Phi) is 20.1. The van der Waals surface area contributed by atoms with E-state index in [1.54, 1.807) is 0 Å². The summed E-state index contributed by atoms with van der Waals surface area (Å²) in [6, 6.07) is 0. The van der Waals surface area contributed by atoms with Gasteiger partial charge in [-0.05, 0) is 22.7 Å². The second kappa shape index (κ2) is 20.1. The topological polar surface area (TPSA) is 0 Å². The van der Waals surface area contributed by atoms with Crippen LogP contribution in [0.2, 0.25) is 0 Å². The van der Waals surface area contributed by atoms with Gasteiger partial charge < -0.3 is 0 Å². The molecular weight excluding hydrogens is 408 g/mol. The highest BCUT2D eigenvalue weighted by Gasteiger charge is 2.44. The predicted molar refractivity (Wildman–Crippen MR) is 159 cm³/mol. The van der Waals surface area contributed by atoms with Crippen molar-refractivity contribution in [2.24, 2.45) is 16.2 Å². The van der Waals surface area contributed by atoms with Crippen LogP contribution in [0, 0.1) is 16.2 Å². The lowest BCUT2D eigenvalue weighted by Gasteiger charge is -2.51. The van der Waals surface area contributed by atoms with Gasteiger partial charge in [0.2, 0.25) is 0 Å². The van der Waals surface area contributed by atoms with Crippen LogP contribution in [-0.4, -0.2) is 0 Å². The molecule has 0 aliphatic heterocycles. The Morgan fingerprint density at radius 3 is 0.794 bits per heavy atom. The molecule has 0 radical (unpaired) electrons. The van der Waals surface area contributed by atoms with Gasteiger partial charge in [-0.15, -0.1) is 0 Å². The van der Waals surface area contributed by atoms with Crippen LogP contribution < -0.4 is 0 Å². The van der Waals surface area contributed by atoms with Crippen LogP contribution in [0.1, 0.15) is 203 Å². The molecule has 34 heavy (non-hydrogen) atoms. The van der Waals surface area contributed by atoms with Crippen molar-refractivity contribution in [3.8, 4) is 0 Å². The van der Waals surface area contributed by atoms with Gasteiger partial charge in [0.05, 0.1) is 0 Å². The first kappa shape index (κ1) is 34.0. The lowest BCUT2D eigenvalue weighted by molar-refractivity contribution is -0.0147. The van der Waals surface area contributed by atoms with E-state index in [1.165, 1.54) is 148 Å². The third-order valence-corrected chi connectivity index (χ3v) is 9.72. The van der Waals surface area contributed by atoms with Gasteiger partial charge in [-0.25, -0.2) is 0 Å². The summed E-state index contributed by atoms with van der Waals surface area (Å²) >= 11 is 0. The average Bonchev–Trinajstić information content (AvgIpc) is 2.76. The maximum Gasteiger partial charge on any atom is -0.0254 e. The molecule has 0 aromatic rings. The normalized spacial score (nSPS) is 13.1. The minimum atomic E-state index is 0.365. The second-order valence-corrected chi connectivity index (χ2v) is 13.9. The average molecular weight is 479 g/mol. The monoisotopic (exact) mass is 479 g/mol. The standard InChI is InChI=1S/C34H70/c1-9-10-11-12-13-14-15-16-17-18-19-20-21-22-23-24-25-26-27-28-29-30-31-33(5,6)34(7,8)32(2,3)4/h9-31H2,1-8H3. The first-order valence-electron chi connectivity index (χ1n) is 16.1. The minimum Gasteiger partial charge on any atom is -0.0654 e. The summed E-state index contributed by atoms with van der Waals surface area (Å²) in [6.45, 7) is 19.5. The van der Waals surface area contributed by atoms with E-state index in [9.17, 15) is 0 Å². The van der Waals surface area contributed by atoms with Crippen LogP contribution in [0.4, 0.5) is 0 Å². The molecule has 0 spiro atoms. The van der Waals surface area contributed by atoms with Crippen molar-refractivity contribution in [1.82, 2.24) is 0 Å². The van der Waals surface area contributed by atoms with Gasteiger partial charge >= 0.3 is 0 Å². The molecule has 0 aromatic heterocycles. The maximum atomic E-state index is 2.50. The summed E-state index contributed by atoms with van der Waals surface area (Å²) < 4.78 is 0. The van der Waals surface area contributed by atoms with E-state index in [0.29, 0.717) is 16.2 Å². The highest BCUT2D eigenvalue weighted by molar-refractivity contribution is 4.94. The van der Waals surface area contributed by atoms with E-state index in [-0.39, 0.29) is 0 Å². The molecular formula is C34H70. The smallest absolute Gasteiger partial charge is 0.0254 e. The Bertz CT molecular complexity index is 422. The van der Waals surface area contributed by atoms with E-state index in [1.807, 2.05) is 0 Å². The van der Waals surface area contributed by atoms with Crippen molar-refractivity contribution in [2.75, 3.05) is 0 Å². The molecule has 0 bridgehead atoms. The summed E-state index contributed by atoms with van der Waals surface area (Å²) in [7, 11) is 0. The zero-order valence-electron chi connectivity index (χ0n) is 25.8. The molecule has 0 unspecified atom stereocenters. The summed E-state index contributed by atoms with van der Waals surface area (Å²) in [4.78, 5) is 0. The van der Waals surface area contributed by atoms with Gasteiger partial charge in [-0.3, -0.25) is 0 Å². The molecule has 0 rings (SSSR count). The quantitative estimate of drug-likeness (QED) is 0.121. The van der Waals surface area contributed by atoms with Crippen LogP contribution >= 0.6 is 0 Å². The maximum absolute atomic E-state index is 2.50. The molecule has 0 nitrogen and oxygen atoms in total. The van der Waals surface area contributed by atoms with Crippen LogP contribution in [0.25, 0.3) is 0 Å². The lowest BCUT2D eigenvalue weighted by Crippen LogP contribution is -2.42. The molecule has 0 heterocycles. The fourth-order valence-electron chi connectivity index (χ4n) is 5.50. The third kappa shape index (κ3) is 16.6. The Morgan fingerprint density at radius 2 is 0.559 bits per heavy atom. The lowest BCUT2D eigenvalue weighted by atomic mass is 9.54. The zero-order valence-corrected chi connectivity index (χ0v) is 25.8. The van der Waals surface area contributed by atoms with Crippen molar-refractivity contribution in [3.05, 3.63) is 0 Å². The van der Waals surface area contributed by atoms with Crippen LogP contribution in [0.5, 0.6) is 0 Å². The number of hydrogen-bond acceptors (Lipinski definition) is 0. The predicted octanol–water partition coefficient (Wildman–Crippen LogP) is 13.1. The Morgan fingerprint density at radius 1 is 0.324 bits per heavy atom. The fourth-order valence-corrected chi connectivity index (χ4v) is 5.50. The number of hydrogen-bond donors (Lipinski definition) is 0. The third-order valence-electron chi connectivity index (χ3n) is 9.72. The number of rotatable bonds is 24. The Labute approximate surface area is 219 Å². The summed E-state index contributed by atoms with van der Waals surface area (Å²) in [5.74, 6) is 0. The van der Waals surface area contributed by atoms with Crippen molar-refractivity contribution in [3.63, 3.8) is 0 Å². The molecule has 0 amide bonds. The van der Waals surface area contributed by atoms with E-state index in [2.05, 4.69) is 55.4 Å². The van der Waals surface area contributed by atoms with Crippen LogP contribution in [-0.2, 0) is 0 Å². The highest BCUT2D eigenvalue weighted by Crippen LogP contribution is 2.53. The molecule has 206 valence electrons. The molecule has 0 saturated heterocycles. The van der Waals surface area contributed by atoms with E-state index >= 15 is 0 Å². The molecule has 0 aliphatic carbocycles. The van der Waals surface area contributed by atoms with E-state index in [0.717, 1.165) is 0 Å². The second-order valence-electron chi connectivity index (χ2n) is 13.9. The molecule has 0 saturated carbocycles. The van der Waals surface area contributed by atoms with Crippen molar-refractivity contribution in [1.29, 1.82) is 0 Å². The molecule has 0 heteroatoms. The molecule has 0 atom stereocenters. The van der Waals surface area contributed by atoms with Gasteiger partial charge in [0.1, 0.15) is 0 Å². The zero-order chi connectivity index (χ0) is 25.8. The SMILES string of the molecule is CCCCCCCCCCCCCCCCCCCCCCCCC(C)(C)C(C)(C)C(C)(C)C. The van der Waals surface area contributed by atoms with Crippen LogP contribution in [0.15, 0.2) is 0 Å². The van der Waals surface area contributed by atoms with Crippen molar-refractivity contribution in [2.45, 2.75) is 203 Å². The van der Waals surface area contributed by atoms with Crippen molar-refractivity contribution < 1.29 is 0 Å². The van der Waals surface area contributed by atoms with Crippen molar-refractivity contribution >= 4 is 0 Å². The van der Waals surface area contributed by atoms with Gasteiger partial charge in [0.25, 0.3) is 0 Å². The van der Waals surface area contributed by atoms with E-state index < -0.39 is 0 Å². The van der Waals surface area contributed by atoms with Gasteiger partial charge in [0.15, 0.2) is 0 Å². The molecule has 0 N–H and O–H groups in total. The van der Waals surface area contributed by atoms with Gasteiger partial charge in [-0.1, -0.05) is 197 Å². The molecule has 0 aliphatic rings. The Balaban J connectivity index is 3.35. The Hall–Kier alpha value is 0. The summed E-state index contributed by atoms with van der Waals surface area (Å²) in [6.07, 6.45) is 33.6. The summed E-state index contributed by atoms with van der Waals surface area (Å²) in [5, 5.41) is 0. The van der Waals surface area contributed by atoms with Gasteiger partial charge in [-0.2, -0.15) is 0 Å².